The molecule has 0 aliphatic carbocycles. The Hall–Kier alpha value is -2.09. The fourth-order valence-corrected chi connectivity index (χ4v) is 4.69. The van der Waals surface area contributed by atoms with Crippen LogP contribution in [0.5, 0.6) is 0 Å². The number of carbonyl (C=O) groups excluding carboxylic acids is 2. The lowest BCUT2D eigenvalue weighted by molar-refractivity contribution is -0.131. The molecule has 0 radical (unpaired) electrons. The number of sulfonamides is 1. The molecule has 150 valence electrons. The van der Waals surface area contributed by atoms with Crippen LogP contribution in [0.2, 0.25) is 0 Å². The molecule has 1 aromatic rings. The molecular formula is C19H29N3O4S. The van der Waals surface area contributed by atoms with E-state index in [1.807, 2.05) is 50.6 Å². The van der Waals surface area contributed by atoms with Crippen molar-refractivity contribution in [2.45, 2.75) is 57.6 Å². The van der Waals surface area contributed by atoms with E-state index in [0.717, 1.165) is 11.1 Å². The van der Waals surface area contributed by atoms with Crippen molar-refractivity contribution in [3.8, 4) is 0 Å². The van der Waals surface area contributed by atoms with Crippen molar-refractivity contribution in [2.24, 2.45) is 0 Å². The van der Waals surface area contributed by atoms with Gasteiger partial charge in [-0.3, -0.25) is 4.79 Å². The lowest BCUT2D eigenvalue weighted by Gasteiger charge is -2.29. The minimum absolute atomic E-state index is 0.157. The van der Waals surface area contributed by atoms with E-state index in [2.05, 4.69) is 5.32 Å². The fraction of sp³-hybridized carbons (Fsp3) is 0.579. The number of hydrogen-bond donors (Lipinski definition) is 2. The number of rotatable bonds is 5. The summed E-state index contributed by atoms with van der Waals surface area (Å²) in [5.74, 6) is -0.166. The van der Waals surface area contributed by atoms with Gasteiger partial charge in [-0.1, -0.05) is 45.9 Å². The Kier molecular flexibility index (Phi) is 6.51. The highest BCUT2D eigenvalue weighted by molar-refractivity contribution is 7.91. The van der Waals surface area contributed by atoms with Crippen molar-refractivity contribution in [1.82, 2.24) is 9.62 Å². The summed E-state index contributed by atoms with van der Waals surface area (Å²) in [7, 11) is -2.54. The Balaban J connectivity index is 2.24. The molecule has 2 N–H and O–H groups in total. The molecule has 0 bridgehead atoms. The molecule has 0 saturated carbocycles. The molecule has 1 aliphatic heterocycles. The van der Waals surface area contributed by atoms with Crippen molar-refractivity contribution < 1.29 is 18.0 Å². The van der Waals surface area contributed by atoms with Crippen molar-refractivity contribution in [3.63, 3.8) is 0 Å². The molecule has 1 heterocycles. The molecule has 1 saturated heterocycles. The van der Waals surface area contributed by atoms with Crippen LogP contribution in [0.3, 0.4) is 0 Å². The summed E-state index contributed by atoms with van der Waals surface area (Å²) >= 11 is 0. The molecule has 1 aromatic carbocycles. The summed E-state index contributed by atoms with van der Waals surface area (Å²) in [6.07, 6.45) is 0.800. The van der Waals surface area contributed by atoms with E-state index in [9.17, 15) is 18.0 Å². The van der Waals surface area contributed by atoms with Gasteiger partial charge in [-0.25, -0.2) is 17.9 Å². The van der Waals surface area contributed by atoms with E-state index in [-0.39, 0.29) is 18.3 Å². The van der Waals surface area contributed by atoms with Crippen LogP contribution >= 0.6 is 0 Å². The van der Waals surface area contributed by atoms with Gasteiger partial charge in [0.1, 0.15) is 0 Å². The number of para-hydroxylation sites is 1. The normalized spacial score (nSPS) is 18.1. The molecule has 2 rings (SSSR count). The van der Waals surface area contributed by atoms with Crippen LogP contribution in [-0.4, -0.2) is 44.1 Å². The average Bonchev–Trinajstić information content (AvgIpc) is 2.56. The highest BCUT2D eigenvalue weighted by Gasteiger charge is 2.38. The lowest BCUT2D eigenvalue weighted by atomic mass is 9.93. The summed E-state index contributed by atoms with van der Waals surface area (Å²) in [6.45, 7) is 8.56. The van der Waals surface area contributed by atoms with E-state index in [4.69, 9.17) is 0 Å². The molecule has 7 nitrogen and oxygen atoms in total. The number of nitrogens with zero attached hydrogens (tertiary/aromatic N) is 1. The fourth-order valence-electron chi connectivity index (χ4n) is 3.32. The van der Waals surface area contributed by atoms with Crippen molar-refractivity contribution in [3.05, 3.63) is 29.3 Å². The summed E-state index contributed by atoms with van der Waals surface area (Å²) in [5, 5.41) is 1.48. The maximum absolute atomic E-state index is 12.6. The van der Waals surface area contributed by atoms with Gasteiger partial charge < -0.3 is 10.2 Å². The van der Waals surface area contributed by atoms with Crippen LogP contribution in [-0.2, 0) is 14.8 Å². The van der Waals surface area contributed by atoms with E-state index >= 15 is 0 Å². The molecule has 1 aliphatic rings. The van der Waals surface area contributed by atoms with Crippen LogP contribution in [0, 0.1) is 0 Å². The van der Waals surface area contributed by atoms with Crippen LogP contribution in [0.1, 0.15) is 63.5 Å². The van der Waals surface area contributed by atoms with Gasteiger partial charge in [0, 0.05) is 19.3 Å². The van der Waals surface area contributed by atoms with Crippen LogP contribution in [0.15, 0.2) is 18.2 Å². The predicted molar refractivity (Wildman–Crippen MR) is 106 cm³/mol. The summed E-state index contributed by atoms with van der Waals surface area (Å²) in [5.41, 5.74) is 2.49. The molecular weight excluding hydrogens is 366 g/mol. The number of benzene rings is 1. The van der Waals surface area contributed by atoms with Crippen molar-refractivity contribution in [2.75, 3.05) is 18.9 Å². The summed E-state index contributed by atoms with van der Waals surface area (Å²) < 4.78 is 27.2. The molecule has 3 amide bonds. The third kappa shape index (κ3) is 4.80. The maximum atomic E-state index is 12.6. The zero-order valence-electron chi connectivity index (χ0n) is 16.6. The minimum Gasteiger partial charge on any atom is -0.345 e. The van der Waals surface area contributed by atoms with Gasteiger partial charge >= 0.3 is 6.03 Å². The van der Waals surface area contributed by atoms with Gasteiger partial charge in [0.25, 0.3) is 0 Å². The molecule has 0 spiro atoms. The average molecular weight is 396 g/mol. The monoisotopic (exact) mass is 395 g/mol. The van der Waals surface area contributed by atoms with Crippen molar-refractivity contribution >= 4 is 27.6 Å². The number of likely N-dealkylation sites (tertiary alicyclic amines) is 1. The molecule has 8 heteroatoms. The van der Waals surface area contributed by atoms with E-state index < -0.39 is 27.2 Å². The number of anilines is 1. The number of nitrogens with one attached hydrogen (secondary N) is 2. The van der Waals surface area contributed by atoms with Crippen LogP contribution < -0.4 is 10.0 Å². The first-order valence-corrected chi connectivity index (χ1v) is 10.8. The summed E-state index contributed by atoms with van der Waals surface area (Å²) in [4.78, 5) is 26.0. The molecule has 0 aromatic heterocycles. The van der Waals surface area contributed by atoms with Gasteiger partial charge in [0.15, 0.2) is 5.25 Å². The lowest BCUT2D eigenvalue weighted by Crippen LogP contribution is -2.51. The Morgan fingerprint density at radius 2 is 1.70 bits per heavy atom. The van der Waals surface area contributed by atoms with Gasteiger partial charge in [0.2, 0.25) is 15.9 Å². The third-order valence-corrected chi connectivity index (χ3v) is 6.49. The highest BCUT2D eigenvalue weighted by atomic mass is 32.2. The van der Waals surface area contributed by atoms with E-state index in [1.54, 1.807) is 7.05 Å². The zero-order valence-corrected chi connectivity index (χ0v) is 17.4. The number of amides is 3. The van der Waals surface area contributed by atoms with E-state index in [0.29, 0.717) is 18.7 Å². The second kappa shape index (κ2) is 8.29. The molecule has 1 atom stereocenters. The number of piperidine rings is 1. The highest BCUT2D eigenvalue weighted by Crippen LogP contribution is 2.32. The van der Waals surface area contributed by atoms with Gasteiger partial charge in [-0.15, -0.1) is 0 Å². The Bertz CT molecular complexity index is 792. The van der Waals surface area contributed by atoms with Gasteiger partial charge in [-0.05, 0) is 35.8 Å². The number of carbonyl (C=O) groups is 2. The minimum atomic E-state index is -4.10. The molecule has 1 fully saturated rings. The predicted octanol–water partition coefficient (Wildman–Crippen LogP) is 3.01. The first-order chi connectivity index (χ1) is 12.5. The quantitative estimate of drug-likeness (QED) is 0.801. The number of hydrogen-bond acceptors (Lipinski definition) is 4. The Labute approximate surface area is 161 Å². The van der Waals surface area contributed by atoms with Crippen molar-refractivity contribution in [1.29, 1.82) is 0 Å². The van der Waals surface area contributed by atoms with Crippen LogP contribution in [0.25, 0.3) is 0 Å². The van der Waals surface area contributed by atoms with Gasteiger partial charge in [-0.2, -0.15) is 0 Å². The van der Waals surface area contributed by atoms with Crippen LogP contribution in [0.4, 0.5) is 10.5 Å². The zero-order chi connectivity index (χ0) is 20.4. The third-order valence-electron chi connectivity index (χ3n) is 4.83. The van der Waals surface area contributed by atoms with E-state index in [1.165, 1.54) is 4.90 Å². The topological polar surface area (TPSA) is 95.6 Å². The second-order valence-corrected chi connectivity index (χ2v) is 9.48. The molecule has 27 heavy (non-hydrogen) atoms. The first kappa shape index (κ1) is 21.2. The summed E-state index contributed by atoms with van der Waals surface area (Å²) in [6, 6.07) is 4.92. The SMILES string of the molecule is CC(C)c1cccc(C(C)C)c1NC(=O)NS(=O)(=O)C1CCCN(C)C1=O. The van der Waals surface area contributed by atoms with Gasteiger partial charge in [0.05, 0.1) is 0 Å². The molecule has 1 unspecified atom stereocenters. The Morgan fingerprint density at radius 1 is 1.15 bits per heavy atom. The smallest absolute Gasteiger partial charge is 0.332 e. The first-order valence-electron chi connectivity index (χ1n) is 9.25. The maximum Gasteiger partial charge on any atom is 0.332 e. The largest absolute Gasteiger partial charge is 0.345 e. The standard InChI is InChI=1S/C19H29N3O4S/c1-12(2)14-8-6-9-15(13(3)4)17(14)20-19(24)21-27(25,26)16-10-7-11-22(5)18(16)23/h6,8-9,12-13,16H,7,10-11H2,1-5H3,(H2,20,21,24). The number of urea groups is 1. The Morgan fingerprint density at radius 3 is 2.22 bits per heavy atom. The second-order valence-electron chi connectivity index (χ2n) is 7.61.